The van der Waals surface area contributed by atoms with Crippen molar-refractivity contribution in [1.29, 1.82) is 0 Å². The molecular formula is C24H25ClF2N4. The average Bonchev–Trinajstić information content (AvgIpc) is 3.44. The van der Waals surface area contributed by atoms with Crippen LogP contribution >= 0.6 is 11.6 Å². The van der Waals surface area contributed by atoms with E-state index in [1.54, 1.807) is 0 Å². The van der Waals surface area contributed by atoms with E-state index in [2.05, 4.69) is 21.0 Å². The smallest absolute Gasteiger partial charge is 0.135 e. The fraction of sp³-hybridized carbons (Fsp3) is 0.375. The number of para-hydroxylation sites is 1. The lowest BCUT2D eigenvalue weighted by atomic mass is 10.1. The standard InChI is InChI=1S/C24H25ClF2N4/c25-21-3-1-2-4-24(21)30-13-11-29(12-14-30)18-6-7-19(16-18)31-10-9-23(28-31)20-8-5-17(26)15-22(20)27/h1-5,8-10,15,18-19H,6-7,11-14,16H2/t18-,19+/m0/s1. The summed E-state index contributed by atoms with van der Waals surface area (Å²) in [5.74, 6) is -1.15. The van der Waals surface area contributed by atoms with Crippen LogP contribution in [-0.2, 0) is 0 Å². The van der Waals surface area contributed by atoms with Gasteiger partial charge >= 0.3 is 0 Å². The molecule has 1 aliphatic heterocycles. The number of hydrogen-bond acceptors (Lipinski definition) is 3. The topological polar surface area (TPSA) is 24.3 Å². The molecule has 0 unspecified atom stereocenters. The zero-order valence-corrected chi connectivity index (χ0v) is 18.0. The third-order valence-electron chi connectivity index (χ3n) is 6.59. The maximum atomic E-state index is 14.1. The predicted octanol–water partition coefficient (Wildman–Crippen LogP) is 5.40. The molecule has 4 nitrogen and oxygen atoms in total. The lowest BCUT2D eigenvalue weighted by Crippen LogP contribution is -2.49. The molecule has 2 aromatic carbocycles. The molecule has 2 aliphatic rings. The van der Waals surface area contributed by atoms with E-state index in [1.165, 1.54) is 12.1 Å². The molecule has 2 fully saturated rings. The summed E-state index contributed by atoms with van der Waals surface area (Å²) in [7, 11) is 0. The lowest BCUT2D eigenvalue weighted by molar-refractivity contribution is 0.183. The normalized spacial score (nSPS) is 22.2. The minimum Gasteiger partial charge on any atom is -0.368 e. The first kappa shape index (κ1) is 20.5. The molecule has 1 saturated carbocycles. The second kappa shape index (κ2) is 8.60. The Bertz CT molecular complexity index is 1060. The Balaban J connectivity index is 1.20. The molecular weight excluding hydrogens is 418 g/mol. The molecule has 3 aromatic rings. The Morgan fingerprint density at radius 3 is 2.45 bits per heavy atom. The molecule has 7 heteroatoms. The molecule has 0 N–H and O–H groups in total. The number of nitrogens with zero attached hydrogens (tertiary/aromatic N) is 4. The van der Waals surface area contributed by atoms with Gasteiger partial charge in [0, 0.05) is 50.0 Å². The largest absolute Gasteiger partial charge is 0.368 e. The van der Waals surface area contributed by atoms with Gasteiger partial charge in [-0.25, -0.2) is 8.78 Å². The molecule has 31 heavy (non-hydrogen) atoms. The molecule has 1 saturated heterocycles. The minimum atomic E-state index is -0.578. The van der Waals surface area contributed by atoms with Crippen LogP contribution in [0.2, 0.25) is 5.02 Å². The van der Waals surface area contributed by atoms with Gasteiger partial charge in [-0.2, -0.15) is 5.10 Å². The van der Waals surface area contributed by atoms with Gasteiger partial charge in [0.1, 0.15) is 11.6 Å². The highest BCUT2D eigenvalue weighted by atomic mass is 35.5. The number of rotatable bonds is 4. The highest BCUT2D eigenvalue weighted by Gasteiger charge is 2.32. The van der Waals surface area contributed by atoms with Crippen molar-refractivity contribution in [2.45, 2.75) is 31.3 Å². The Labute approximate surface area is 186 Å². The van der Waals surface area contributed by atoms with Crippen LogP contribution in [-0.4, -0.2) is 46.9 Å². The second-order valence-corrected chi connectivity index (χ2v) is 8.81. The Hall–Kier alpha value is -2.44. The van der Waals surface area contributed by atoms with E-state index in [0.717, 1.165) is 62.2 Å². The van der Waals surface area contributed by atoms with Gasteiger partial charge in [0.05, 0.1) is 22.4 Å². The van der Waals surface area contributed by atoms with E-state index < -0.39 is 11.6 Å². The average molecular weight is 443 g/mol. The van der Waals surface area contributed by atoms with Crippen molar-refractivity contribution in [2.24, 2.45) is 0 Å². The van der Waals surface area contributed by atoms with Gasteiger partial charge in [0.2, 0.25) is 0 Å². The van der Waals surface area contributed by atoms with E-state index in [1.807, 2.05) is 35.1 Å². The number of benzene rings is 2. The zero-order chi connectivity index (χ0) is 21.4. The fourth-order valence-corrected chi connectivity index (χ4v) is 5.18. The molecule has 0 amide bonds. The maximum Gasteiger partial charge on any atom is 0.135 e. The van der Waals surface area contributed by atoms with Gasteiger partial charge in [-0.15, -0.1) is 0 Å². The van der Waals surface area contributed by atoms with Crippen LogP contribution in [0.3, 0.4) is 0 Å². The molecule has 1 aliphatic carbocycles. The molecule has 162 valence electrons. The Morgan fingerprint density at radius 1 is 0.903 bits per heavy atom. The van der Waals surface area contributed by atoms with Gasteiger partial charge in [-0.3, -0.25) is 9.58 Å². The number of piperazine rings is 1. The van der Waals surface area contributed by atoms with E-state index in [9.17, 15) is 8.78 Å². The van der Waals surface area contributed by atoms with Crippen LogP contribution in [0, 0.1) is 11.6 Å². The van der Waals surface area contributed by atoms with Crippen molar-refractivity contribution in [2.75, 3.05) is 31.1 Å². The SMILES string of the molecule is Fc1ccc(-c2ccn([C@@H]3CC[C@H](N4CCN(c5ccccc5Cl)CC4)C3)n2)c(F)c1. The molecule has 0 radical (unpaired) electrons. The van der Waals surface area contributed by atoms with Gasteiger partial charge in [0.25, 0.3) is 0 Å². The summed E-state index contributed by atoms with van der Waals surface area (Å²) in [6.07, 6.45) is 5.15. The van der Waals surface area contributed by atoms with Gasteiger partial charge < -0.3 is 4.90 Å². The third kappa shape index (κ3) is 4.19. The van der Waals surface area contributed by atoms with Crippen LogP contribution < -0.4 is 4.90 Å². The zero-order valence-electron chi connectivity index (χ0n) is 17.2. The van der Waals surface area contributed by atoms with Crippen molar-refractivity contribution in [3.63, 3.8) is 0 Å². The summed E-state index contributed by atoms with van der Waals surface area (Å²) in [4.78, 5) is 4.94. The van der Waals surface area contributed by atoms with Crippen molar-refractivity contribution in [3.05, 3.63) is 71.4 Å². The molecule has 0 spiro atoms. The lowest BCUT2D eigenvalue weighted by Gasteiger charge is -2.39. The van der Waals surface area contributed by atoms with Crippen molar-refractivity contribution in [1.82, 2.24) is 14.7 Å². The number of anilines is 1. The van der Waals surface area contributed by atoms with Crippen molar-refractivity contribution < 1.29 is 8.78 Å². The first-order valence-electron chi connectivity index (χ1n) is 10.8. The number of hydrogen-bond donors (Lipinski definition) is 0. The predicted molar refractivity (Wildman–Crippen MR) is 119 cm³/mol. The molecule has 0 bridgehead atoms. The number of halogens is 3. The first-order chi connectivity index (χ1) is 15.1. The van der Waals surface area contributed by atoms with Crippen LogP contribution in [0.15, 0.2) is 54.7 Å². The Morgan fingerprint density at radius 2 is 1.68 bits per heavy atom. The molecule has 2 heterocycles. The molecule has 5 rings (SSSR count). The van der Waals surface area contributed by atoms with Gasteiger partial charge in [-0.1, -0.05) is 23.7 Å². The first-order valence-corrected chi connectivity index (χ1v) is 11.2. The van der Waals surface area contributed by atoms with Crippen LogP contribution in [0.4, 0.5) is 14.5 Å². The van der Waals surface area contributed by atoms with E-state index >= 15 is 0 Å². The van der Waals surface area contributed by atoms with E-state index in [-0.39, 0.29) is 0 Å². The highest BCUT2D eigenvalue weighted by molar-refractivity contribution is 6.33. The Kier molecular flexibility index (Phi) is 5.67. The monoisotopic (exact) mass is 442 g/mol. The highest BCUT2D eigenvalue weighted by Crippen LogP contribution is 2.35. The number of aromatic nitrogens is 2. The van der Waals surface area contributed by atoms with Gasteiger partial charge in [0.15, 0.2) is 0 Å². The third-order valence-corrected chi connectivity index (χ3v) is 6.91. The quantitative estimate of drug-likeness (QED) is 0.541. The summed E-state index contributed by atoms with van der Waals surface area (Å²) in [5, 5.41) is 5.42. The fourth-order valence-electron chi connectivity index (χ4n) is 4.92. The summed E-state index contributed by atoms with van der Waals surface area (Å²) >= 11 is 6.36. The summed E-state index contributed by atoms with van der Waals surface area (Å²) < 4.78 is 29.2. The molecule has 2 atom stereocenters. The minimum absolute atomic E-state index is 0.309. The summed E-state index contributed by atoms with van der Waals surface area (Å²) in [5.41, 5.74) is 2.00. The van der Waals surface area contributed by atoms with Crippen LogP contribution in [0.5, 0.6) is 0 Å². The maximum absolute atomic E-state index is 14.1. The van der Waals surface area contributed by atoms with E-state index in [4.69, 9.17) is 11.6 Å². The van der Waals surface area contributed by atoms with Crippen LogP contribution in [0.1, 0.15) is 25.3 Å². The van der Waals surface area contributed by atoms with Gasteiger partial charge in [-0.05, 0) is 49.6 Å². The van der Waals surface area contributed by atoms with E-state index in [0.29, 0.717) is 23.3 Å². The summed E-state index contributed by atoms with van der Waals surface area (Å²) in [6, 6.07) is 14.3. The van der Waals surface area contributed by atoms with Crippen LogP contribution in [0.25, 0.3) is 11.3 Å². The molecule has 1 aromatic heterocycles. The van der Waals surface area contributed by atoms with Crippen molar-refractivity contribution in [3.8, 4) is 11.3 Å². The summed E-state index contributed by atoms with van der Waals surface area (Å²) in [6.45, 7) is 3.99. The van der Waals surface area contributed by atoms with Crippen molar-refractivity contribution >= 4 is 17.3 Å². The second-order valence-electron chi connectivity index (χ2n) is 8.40.